The Morgan fingerprint density at radius 2 is 1.88 bits per heavy atom. The Labute approximate surface area is 194 Å². The predicted molar refractivity (Wildman–Crippen MR) is 130 cm³/mol. The number of ether oxygens (including phenoxy) is 1. The van der Waals surface area contributed by atoms with E-state index in [2.05, 4.69) is 15.1 Å². The van der Waals surface area contributed by atoms with E-state index >= 15 is 0 Å². The minimum atomic E-state index is -0.220. The van der Waals surface area contributed by atoms with Gasteiger partial charge in [0.1, 0.15) is 5.75 Å². The molecule has 0 spiro atoms. The van der Waals surface area contributed by atoms with Crippen molar-refractivity contribution in [1.29, 1.82) is 0 Å². The van der Waals surface area contributed by atoms with Crippen LogP contribution in [0.4, 0.5) is 11.6 Å². The minimum absolute atomic E-state index is 0.0578. The zero-order valence-corrected chi connectivity index (χ0v) is 19.3. The molecule has 0 saturated carbocycles. The van der Waals surface area contributed by atoms with Crippen LogP contribution < -0.4 is 15.0 Å². The lowest BCUT2D eigenvalue weighted by atomic mass is 10.1. The van der Waals surface area contributed by atoms with E-state index in [4.69, 9.17) is 14.7 Å². The van der Waals surface area contributed by atoms with Crippen molar-refractivity contribution in [3.8, 4) is 5.75 Å². The summed E-state index contributed by atoms with van der Waals surface area (Å²) in [4.78, 5) is 26.4. The van der Waals surface area contributed by atoms with Crippen LogP contribution in [-0.2, 0) is 4.79 Å². The molecule has 0 radical (unpaired) electrons. The van der Waals surface area contributed by atoms with Crippen LogP contribution in [0.1, 0.15) is 17.7 Å². The molecule has 0 unspecified atom stereocenters. The van der Waals surface area contributed by atoms with Crippen molar-refractivity contribution in [2.45, 2.75) is 20.3 Å². The van der Waals surface area contributed by atoms with Gasteiger partial charge in [0.2, 0.25) is 5.95 Å². The third-order valence-corrected chi connectivity index (χ3v) is 5.84. The number of β-amino-alcohol motifs (C(OH)–C–C–N with tert-alkyl or cyclic N) is 1. The van der Waals surface area contributed by atoms with Crippen LogP contribution in [0.2, 0.25) is 0 Å². The summed E-state index contributed by atoms with van der Waals surface area (Å²) in [5.41, 5.74) is 3.55. The van der Waals surface area contributed by atoms with Crippen molar-refractivity contribution in [2.75, 3.05) is 56.2 Å². The molecular weight excluding hydrogens is 418 g/mol. The van der Waals surface area contributed by atoms with Crippen LogP contribution in [-0.4, -0.2) is 71.8 Å². The number of carbonyl (C=O) groups is 1. The molecule has 1 amide bonds. The number of amides is 1. The highest BCUT2D eigenvalue weighted by Crippen LogP contribution is 2.23. The number of aryl methyl sites for hydroxylation is 2. The second kappa shape index (κ2) is 10.6. The number of carbonyl (C=O) groups excluding carboxylic acids is 1. The van der Waals surface area contributed by atoms with Crippen molar-refractivity contribution in [3.63, 3.8) is 0 Å². The number of fused-ring (bicyclic) bond motifs is 1. The van der Waals surface area contributed by atoms with E-state index in [-0.39, 0.29) is 19.1 Å². The van der Waals surface area contributed by atoms with Gasteiger partial charge in [-0.1, -0.05) is 17.7 Å². The summed E-state index contributed by atoms with van der Waals surface area (Å²) in [6.07, 6.45) is 1.01. The molecule has 1 saturated heterocycles. The van der Waals surface area contributed by atoms with Gasteiger partial charge in [-0.25, -0.2) is 9.97 Å². The van der Waals surface area contributed by atoms with Crippen molar-refractivity contribution in [1.82, 2.24) is 14.9 Å². The van der Waals surface area contributed by atoms with Gasteiger partial charge in [0.15, 0.2) is 6.61 Å². The molecule has 2 heterocycles. The molecule has 4 rings (SSSR count). The summed E-state index contributed by atoms with van der Waals surface area (Å²) in [7, 11) is 0. The Kier molecular flexibility index (Phi) is 7.36. The third-order valence-electron chi connectivity index (χ3n) is 5.84. The first-order chi connectivity index (χ1) is 16.0. The Hall–Kier alpha value is -3.23. The summed E-state index contributed by atoms with van der Waals surface area (Å²) < 4.78 is 5.56. The number of hydrogen-bond donors (Lipinski definition) is 2. The molecule has 1 aromatic heterocycles. The molecule has 0 bridgehead atoms. The maximum Gasteiger partial charge on any atom is 0.262 e. The highest BCUT2D eigenvalue weighted by molar-refractivity contribution is 5.95. The number of aromatic nitrogens is 2. The lowest BCUT2D eigenvalue weighted by molar-refractivity contribution is -0.118. The first-order valence-electron chi connectivity index (χ1n) is 11.4. The van der Waals surface area contributed by atoms with E-state index < -0.39 is 0 Å². The van der Waals surface area contributed by atoms with E-state index in [1.54, 1.807) is 0 Å². The average Bonchev–Trinajstić information content (AvgIpc) is 3.05. The number of nitrogens with one attached hydrogen (secondary N) is 1. The van der Waals surface area contributed by atoms with Gasteiger partial charge in [-0.05, 0) is 57.1 Å². The third kappa shape index (κ3) is 5.97. The van der Waals surface area contributed by atoms with Crippen molar-refractivity contribution in [3.05, 3.63) is 53.7 Å². The smallest absolute Gasteiger partial charge is 0.262 e. The fourth-order valence-electron chi connectivity index (χ4n) is 4.00. The lowest BCUT2D eigenvalue weighted by Gasteiger charge is -2.22. The molecule has 2 N–H and O–H groups in total. The minimum Gasteiger partial charge on any atom is -0.484 e. The number of aliphatic hydroxyl groups is 1. The number of benzene rings is 2. The summed E-state index contributed by atoms with van der Waals surface area (Å²) in [6.45, 7) is 8.39. The molecule has 2 aromatic carbocycles. The molecule has 33 heavy (non-hydrogen) atoms. The van der Waals surface area contributed by atoms with E-state index in [0.717, 1.165) is 60.7 Å². The summed E-state index contributed by atoms with van der Waals surface area (Å²) >= 11 is 0. The van der Waals surface area contributed by atoms with Gasteiger partial charge in [-0.3, -0.25) is 9.69 Å². The summed E-state index contributed by atoms with van der Waals surface area (Å²) in [5.74, 6) is 1.18. The zero-order chi connectivity index (χ0) is 23.2. The Morgan fingerprint density at radius 1 is 1.06 bits per heavy atom. The molecular formula is C25H31N5O3. The normalized spacial score (nSPS) is 14.8. The van der Waals surface area contributed by atoms with Crippen LogP contribution >= 0.6 is 0 Å². The zero-order valence-electron chi connectivity index (χ0n) is 19.3. The largest absolute Gasteiger partial charge is 0.484 e. The standard InChI is InChI=1S/C25H31N5O3/c1-18-4-7-21(8-5-18)33-17-24(32)27-20-6-9-23-22(16-20)19(2)26-25(28-23)30-11-3-10-29(12-13-30)14-15-31/h4-9,16,31H,3,10-15,17H2,1-2H3,(H,27,32). The predicted octanol–water partition coefficient (Wildman–Crippen LogP) is 2.77. The van der Waals surface area contributed by atoms with E-state index in [1.807, 2.05) is 56.3 Å². The molecule has 1 aliphatic heterocycles. The molecule has 8 heteroatoms. The molecule has 1 aliphatic rings. The second-order valence-electron chi connectivity index (χ2n) is 8.40. The van der Waals surface area contributed by atoms with Crippen LogP contribution in [0.15, 0.2) is 42.5 Å². The van der Waals surface area contributed by atoms with Gasteiger partial charge in [0, 0.05) is 37.3 Å². The van der Waals surface area contributed by atoms with E-state index in [0.29, 0.717) is 18.0 Å². The summed E-state index contributed by atoms with van der Waals surface area (Å²) in [5, 5.41) is 13.0. The molecule has 8 nitrogen and oxygen atoms in total. The Balaban J connectivity index is 1.42. The van der Waals surface area contributed by atoms with Gasteiger partial charge in [0.25, 0.3) is 5.91 Å². The average molecular weight is 450 g/mol. The maximum atomic E-state index is 12.3. The first kappa shape index (κ1) is 22.9. The Bertz CT molecular complexity index is 1100. The first-order valence-corrected chi connectivity index (χ1v) is 11.4. The van der Waals surface area contributed by atoms with Gasteiger partial charge in [-0.15, -0.1) is 0 Å². The molecule has 0 atom stereocenters. The quantitative estimate of drug-likeness (QED) is 0.573. The molecule has 3 aromatic rings. The van der Waals surface area contributed by atoms with Crippen molar-refractivity contribution < 1.29 is 14.6 Å². The highest BCUT2D eigenvalue weighted by atomic mass is 16.5. The van der Waals surface area contributed by atoms with Gasteiger partial charge >= 0.3 is 0 Å². The lowest BCUT2D eigenvalue weighted by Crippen LogP contribution is -2.33. The second-order valence-corrected chi connectivity index (χ2v) is 8.40. The number of nitrogens with zero attached hydrogens (tertiary/aromatic N) is 4. The van der Waals surface area contributed by atoms with Crippen LogP contribution in [0.25, 0.3) is 10.9 Å². The van der Waals surface area contributed by atoms with Crippen LogP contribution in [0.3, 0.4) is 0 Å². The molecule has 174 valence electrons. The highest BCUT2D eigenvalue weighted by Gasteiger charge is 2.18. The SMILES string of the molecule is Cc1ccc(OCC(=O)Nc2ccc3nc(N4CCCN(CCO)CC4)nc(C)c3c2)cc1. The topological polar surface area (TPSA) is 90.8 Å². The van der Waals surface area contributed by atoms with Gasteiger partial charge in [-0.2, -0.15) is 0 Å². The number of aliphatic hydroxyl groups excluding tert-OH is 1. The summed E-state index contributed by atoms with van der Waals surface area (Å²) in [6, 6.07) is 13.3. The van der Waals surface area contributed by atoms with Gasteiger partial charge in [0.05, 0.1) is 17.8 Å². The maximum absolute atomic E-state index is 12.3. The van der Waals surface area contributed by atoms with Crippen molar-refractivity contribution >= 4 is 28.4 Å². The molecule has 0 aliphatic carbocycles. The number of hydrogen-bond acceptors (Lipinski definition) is 7. The van der Waals surface area contributed by atoms with E-state index in [9.17, 15) is 9.90 Å². The fraction of sp³-hybridized carbons (Fsp3) is 0.400. The van der Waals surface area contributed by atoms with E-state index in [1.165, 1.54) is 0 Å². The van der Waals surface area contributed by atoms with Crippen LogP contribution in [0, 0.1) is 13.8 Å². The van der Waals surface area contributed by atoms with Crippen LogP contribution in [0.5, 0.6) is 5.75 Å². The number of anilines is 2. The van der Waals surface area contributed by atoms with Gasteiger partial charge < -0.3 is 20.1 Å². The number of rotatable bonds is 7. The molecule has 1 fully saturated rings. The fourth-order valence-corrected chi connectivity index (χ4v) is 4.00. The Morgan fingerprint density at radius 3 is 2.67 bits per heavy atom. The monoisotopic (exact) mass is 449 g/mol. The van der Waals surface area contributed by atoms with Crippen molar-refractivity contribution in [2.24, 2.45) is 0 Å².